The summed E-state index contributed by atoms with van der Waals surface area (Å²) < 4.78 is 0. The Morgan fingerprint density at radius 1 is 1.40 bits per heavy atom. The Kier molecular flexibility index (Phi) is 1.86. The van der Waals surface area contributed by atoms with Crippen LogP contribution < -0.4 is 5.73 Å². The minimum atomic E-state index is 0.210. The van der Waals surface area contributed by atoms with Crippen LogP contribution in [0, 0.1) is 6.92 Å². The maximum absolute atomic E-state index is 6.12. The van der Waals surface area contributed by atoms with Crippen molar-refractivity contribution >= 4 is 10.9 Å². The van der Waals surface area contributed by atoms with Crippen LogP contribution in [0.3, 0.4) is 0 Å². The molecule has 0 bridgehead atoms. The van der Waals surface area contributed by atoms with E-state index in [0.717, 1.165) is 6.42 Å². The van der Waals surface area contributed by atoms with E-state index in [-0.39, 0.29) is 6.04 Å². The second-order valence-electron chi connectivity index (χ2n) is 4.56. The van der Waals surface area contributed by atoms with Crippen LogP contribution in [0.25, 0.3) is 10.9 Å². The molecular formula is C13H16N2. The Labute approximate surface area is 89.5 Å². The highest BCUT2D eigenvalue weighted by molar-refractivity contribution is 5.85. The molecule has 0 amide bonds. The van der Waals surface area contributed by atoms with Crippen LogP contribution in [0.4, 0.5) is 0 Å². The molecule has 2 heteroatoms. The van der Waals surface area contributed by atoms with E-state index in [1.807, 2.05) is 0 Å². The predicted octanol–water partition coefficient (Wildman–Crippen LogP) is 2.81. The van der Waals surface area contributed by atoms with E-state index >= 15 is 0 Å². The number of hydrogen-bond donors (Lipinski definition) is 2. The van der Waals surface area contributed by atoms with Crippen LogP contribution in [-0.4, -0.2) is 4.98 Å². The first-order valence-corrected chi connectivity index (χ1v) is 5.62. The number of aromatic nitrogens is 1. The predicted molar refractivity (Wildman–Crippen MR) is 62.9 cm³/mol. The molecule has 1 atom stereocenters. The summed E-state index contributed by atoms with van der Waals surface area (Å²) in [5.41, 5.74) is 11.4. The van der Waals surface area contributed by atoms with Gasteiger partial charge in [0.2, 0.25) is 0 Å². The van der Waals surface area contributed by atoms with Crippen molar-refractivity contribution in [1.29, 1.82) is 0 Å². The van der Waals surface area contributed by atoms with E-state index < -0.39 is 0 Å². The maximum atomic E-state index is 6.12. The van der Waals surface area contributed by atoms with Crippen molar-refractivity contribution < 1.29 is 0 Å². The van der Waals surface area contributed by atoms with Crippen molar-refractivity contribution in [1.82, 2.24) is 4.98 Å². The Balaban J connectivity index is 2.31. The van der Waals surface area contributed by atoms with Crippen LogP contribution >= 0.6 is 0 Å². The second-order valence-corrected chi connectivity index (χ2v) is 4.56. The Hall–Kier alpha value is -1.28. The lowest BCUT2D eigenvalue weighted by molar-refractivity contribution is 0.562. The Bertz CT molecular complexity index is 510. The number of aromatic amines is 1. The number of nitrogens with two attached hydrogens (primary N) is 1. The molecule has 0 aliphatic heterocycles. The minimum Gasteiger partial charge on any atom is -0.357 e. The number of aryl methyl sites for hydroxylation is 2. The van der Waals surface area contributed by atoms with Gasteiger partial charge in [-0.25, -0.2) is 0 Å². The molecule has 2 nitrogen and oxygen atoms in total. The van der Waals surface area contributed by atoms with Crippen LogP contribution in [-0.2, 0) is 6.42 Å². The maximum Gasteiger partial charge on any atom is 0.0459 e. The number of nitrogens with one attached hydrogen (secondary N) is 1. The number of benzene rings is 1. The number of hydrogen-bond acceptors (Lipinski definition) is 1. The van der Waals surface area contributed by atoms with Crippen LogP contribution in [0.2, 0.25) is 0 Å². The zero-order valence-corrected chi connectivity index (χ0v) is 9.01. The van der Waals surface area contributed by atoms with Gasteiger partial charge in [-0.05, 0) is 43.9 Å². The van der Waals surface area contributed by atoms with E-state index in [4.69, 9.17) is 5.73 Å². The molecule has 3 rings (SSSR count). The summed E-state index contributed by atoms with van der Waals surface area (Å²) >= 11 is 0. The topological polar surface area (TPSA) is 41.8 Å². The average Bonchev–Trinajstić information content (AvgIpc) is 2.58. The molecule has 1 aromatic heterocycles. The fourth-order valence-electron chi connectivity index (χ4n) is 2.61. The molecule has 0 unspecified atom stereocenters. The van der Waals surface area contributed by atoms with Gasteiger partial charge in [0, 0.05) is 22.6 Å². The first-order valence-electron chi connectivity index (χ1n) is 5.62. The van der Waals surface area contributed by atoms with E-state index in [1.54, 1.807) is 0 Å². The van der Waals surface area contributed by atoms with Gasteiger partial charge in [-0.3, -0.25) is 0 Å². The molecule has 78 valence electrons. The van der Waals surface area contributed by atoms with Gasteiger partial charge in [0.05, 0.1) is 0 Å². The van der Waals surface area contributed by atoms with Gasteiger partial charge in [-0.2, -0.15) is 0 Å². The number of rotatable bonds is 0. The largest absolute Gasteiger partial charge is 0.357 e. The lowest BCUT2D eigenvalue weighted by Gasteiger charge is -2.18. The molecule has 3 N–H and O–H groups in total. The molecular weight excluding hydrogens is 184 g/mol. The van der Waals surface area contributed by atoms with Crippen LogP contribution in [0.1, 0.15) is 35.7 Å². The Morgan fingerprint density at radius 3 is 3.13 bits per heavy atom. The zero-order valence-electron chi connectivity index (χ0n) is 9.01. The molecule has 0 radical (unpaired) electrons. The molecule has 0 saturated carbocycles. The summed E-state index contributed by atoms with van der Waals surface area (Å²) in [7, 11) is 0. The smallest absolute Gasteiger partial charge is 0.0459 e. The van der Waals surface area contributed by atoms with Gasteiger partial charge >= 0.3 is 0 Å². The first-order chi connectivity index (χ1) is 7.25. The SMILES string of the molecule is Cc1ccc2[nH]c3c(c2c1)CCC[C@H]3N. The van der Waals surface area contributed by atoms with Gasteiger partial charge in [-0.15, -0.1) is 0 Å². The van der Waals surface area contributed by atoms with Gasteiger partial charge < -0.3 is 10.7 Å². The number of fused-ring (bicyclic) bond motifs is 3. The quantitative estimate of drug-likeness (QED) is 0.674. The van der Waals surface area contributed by atoms with Crippen molar-refractivity contribution in [3.63, 3.8) is 0 Å². The van der Waals surface area contributed by atoms with Crippen molar-refractivity contribution in [2.45, 2.75) is 32.2 Å². The lowest BCUT2D eigenvalue weighted by atomic mass is 9.92. The molecule has 1 aliphatic carbocycles. The molecule has 15 heavy (non-hydrogen) atoms. The average molecular weight is 200 g/mol. The normalized spacial score (nSPS) is 20.5. The second kappa shape index (κ2) is 3.11. The molecule has 1 aliphatic rings. The summed E-state index contributed by atoms with van der Waals surface area (Å²) in [5, 5.41) is 1.38. The van der Waals surface area contributed by atoms with Crippen LogP contribution in [0.15, 0.2) is 18.2 Å². The highest BCUT2D eigenvalue weighted by Crippen LogP contribution is 2.33. The summed E-state index contributed by atoms with van der Waals surface area (Å²) in [6, 6.07) is 6.79. The standard InChI is InChI=1S/C13H16N2/c1-8-5-6-12-10(7-8)9-3-2-4-11(14)13(9)15-12/h5-7,11,15H,2-4,14H2,1H3/t11-/m1/s1. The van der Waals surface area contributed by atoms with Crippen molar-refractivity contribution in [3.05, 3.63) is 35.0 Å². The monoisotopic (exact) mass is 200 g/mol. The van der Waals surface area contributed by atoms with E-state index in [9.17, 15) is 0 Å². The van der Waals surface area contributed by atoms with E-state index in [1.165, 1.54) is 40.6 Å². The molecule has 0 fully saturated rings. The van der Waals surface area contributed by atoms with Crippen LogP contribution in [0.5, 0.6) is 0 Å². The summed E-state index contributed by atoms with van der Waals surface area (Å²) in [4.78, 5) is 3.47. The number of H-pyrrole nitrogens is 1. The summed E-state index contributed by atoms with van der Waals surface area (Å²) in [6.45, 7) is 2.14. The fourth-order valence-corrected chi connectivity index (χ4v) is 2.61. The van der Waals surface area contributed by atoms with Crippen molar-refractivity contribution in [2.24, 2.45) is 5.73 Å². The van der Waals surface area contributed by atoms with Crippen molar-refractivity contribution in [3.8, 4) is 0 Å². The minimum absolute atomic E-state index is 0.210. The fraction of sp³-hybridized carbons (Fsp3) is 0.385. The highest BCUT2D eigenvalue weighted by Gasteiger charge is 2.20. The zero-order chi connectivity index (χ0) is 10.4. The van der Waals surface area contributed by atoms with Gasteiger partial charge in [-0.1, -0.05) is 11.6 Å². The van der Waals surface area contributed by atoms with E-state index in [0.29, 0.717) is 0 Å². The first kappa shape index (κ1) is 8.98. The molecule has 0 saturated heterocycles. The summed E-state index contributed by atoms with van der Waals surface area (Å²) in [6.07, 6.45) is 3.50. The lowest BCUT2D eigenvalue weighted by Crippen LogP contribution is -2.16. The third-order valence-electron chi connectivity index (χ3n) is 3.41. The molecule has 0 spiro atoms. The van der Waals surface area contributed by atoms with Gasteiger partial charge in [0.1, 0.15) is 0 Å². The third kappa shape index (κ3) is 1.29. The van der Waals surface area contributed by atoms with E-state index in [2.05, 4.69) is 30.1 Å². The van der Waals surface area contributed by atoms with Crippen molar-refractivity contribution in [2.75, 3.05) is 0 Å². The Morgan fingerprint density at radius 2 is 2.27 bits per heavy atom. The molecule has 1 aromatic carbocycles. The van der Waals surface area contributed by atoms with Gasteiger partial charge in [0.15, 0.2) is 0 Å². The molecule has 1 heterocycles. The summed E-state index contributed by atoms with van der Waals surface area (Å²) in [5.74, 6) is 0. The van der Waals surface area contributed by atoms with Gasteiger partial charge in [0.25, 0.3) is 0 Å². The third-order valence-corrected chi connectivity index (χ3v) is 3.41. The highest BCUT2D eigenvalue weighted by atomic mass is 14.8. The molecule has 2 aromatic rings.